The maximum atomic E-state index is 10.3. The van der Waals surface area contributed by atoms with Crippen LogP contribution < -0.4 is 5.32 Å². The van der Waals surface area contributed by atoms with Crippen LogP contribution in [0.15, 0.2) is 54.6 Å². The normalized spacial score (nSPS) is 17.5. The summed E-state index contributed by atoms with van der Waals surface area (Å²) in [4.78, 5) is 2.35. The third-order valence-corrected chi connectivity index (χ3v) is 4.64. The summed E-state index contributed by atoms with van der Waals surface area (Å²) in [7, 11) is 0. The average Bonchev–Trinajstić information content (AvgIpc) is 2.60. The highest BCUT2D eigenvalue weighted by Crippen LogP contribution is 2.18. The summed E-state index contributed by atoms with van der Waals surface area (Å²) < 4.78 is 0. The molecule has 1 aliphatic heterocycles. The largest absolute Gasteiger partial charge is 0.390 e. The van der Waals surface area contributed by atoms with Crippen molar-refractivity contribution in [2.75, 3.05) is 19.6 Å². The lowest BCUT2D eigenvalue weighted by Crippen LogP contribution is -2.41. The second kappa shape index (κ2) is 7.73. The summed E-state index contributed by atoms with van der Waals surface area (Å²) in [6, 6.07) is 19.2. The number of nitrogens with zero attached hydrogens (tertiary/aromatic N) is 1. The maximum Gasteiger partial charge on any atom is 0.0791 e. The van der Waals surface area contributed by atoms with Gasteiger partial charge in [0.15, 0.2) is 0 Å². The Hall–Kier alpha value is -1.68. The molecule has 2 N–H and O–H groups in total. The molecule has 0 saturated carbocycles. The third-order valence-electron chi connectivity index (χ3n) is 4.64. The number of fused-ring (bicyclic) bond motifs is 1. The highest BCUT2D eigenvalue weighted by atomic mass is 16.3. The summed E-state index contributed by atoms with van der Waals surface area (Å²) in [6.45, 7) is 5.46. The SMILES string of the molecule is CC(NCC(O)CN1CCc2ccccc2C1)c1ccccc1. The van der Waals surface area contributed by atoms with Gasteiger partial charge in [0.1, 0.15) is 0 Å². The maximum absolute atomic E-state index is 10.3. The van der Waals surface area contributed by atoms with Gasteiger partial charge in [-0.15, -0.1) is 0 Å². The number of aliphatic hydroxyl groups is 1. The van der Waals surface area contributed by atoms with Crippen LogP contribution in [-0.2, 0) is 13.0 Å². The van der Waals surface area contributed by atoms with Crippen LogP contribution in [-0.4, -0.2) is 35.7 Å². The zero-order chi connectivity index (χ0) is 16.1. The van der Waals surface area contributed by atoms with E-state index in [1.54, 1.807) is 0 Å². The predicted molar refractivity (Wildman–Crippen MR) is 94.3 cm³/mol. The van der Waals surface area contributed by atoms with Gasteiger partial charge in [-0.1, -0.05) is 54.6 Å². The van der Waals surface area contributed by atoms with E-state index in [4.69, 9.17) is 0 Å². The van der Waals surface area contributed by atoms with Crippen LogP contribution in [0.25, 0.3) is 0 Å². The molecule has 3 heteroatoms. The molecule has 3 nitrogen and oxygen atoms in total. The Bertz CT molecular complexity index is 614. The van der Waals surface area contributed by atoms with Crippen molar-refractivity contribution in [2.24, 2.45) is 0 Å². The predicted octanol–water partition coefficient (Wildman–Crippen LogP) is 2.76. The Kier molecular flexibility index (Phi) is 5.44. The summed E-state index contributed by atoms with van der Waals surface area (Å²) in [5.41, 5.74) is 4.11. The van der Waals surface area contributed by atoms with Crippen molar-refractivity contribution in [2.45, 2.75) is 32.0 Å². The molecule has 0 bridgehead atoms. The third kappa shape index (κ3) is 4.41. The molecule has 0 aliphatic carbocycles. The molecule has 0 spiro atoms. The van der Waals surface area contributed by atoms with E-state index < -0.39 is 0 Å². The van der Waals surface area contributed by atoms with E-state index >= 15 is 0 Å². The summed E-state index contributed by atoms with van der Waals surface area (Å²) in [5, 5.41) is 13.8. The molecule has 0 radical (unpaired) electrons. The molecule has 2 aromatic carbocycles. The smallest absolute Gasteiger partial charge is 0.0791 e. The van der Waals surface area contributed by atoms with Gasteiger partial charge in [0.05, 0.1) is 6.10 Å². The van der Waals surface area contributed by atoms with E-state index in [9.17, 15) is 5.11 Å². The highest BCUT2D eigenvalue weighted by molar-refractivity contribution is 5.29. The van der Waals surface area contributed by atoms with Crippen LogP contribution in [0.1, 0.15) is 29.7 Å². The van der Waals surface area contributed by atoms with Gasteiger partial charge in [0.2, 0.25) is 0 Å². The monoisotopic (exact) mass is 310 g/mol. The van der Waals surface area contributed by atoms with Gasteiger partial charge in [0, 0.05) is 32.2 Å². The summed E-state index contributed by atoms with van der Waals surface area (Å²) in [5.74, 6) is 0. The number of β-amino-alcohol motifs (C(OH)–C–C–N with tert-alkyl or cyclic N) is 1. The van der Waals surface area contributed by atoms with Gasteiger partial charge in [-0.3, -0.25) is 4.90 Å². The van der Waals surface area contributed by atoms with Crippen LogP contribution in [0.3, 0.4) is 0 Å². The first kappa shape index (κ1) is 16.2. The van der Waals surface area contributed by atoms with Crippen molar-refractivity contribution in [3.05, 3.63) is 71.3 Å². The summed E-state index contributed by atoms with van der Waals surface area (Å²) in [6.07, 6.45) is 0.739. The number of hydrogen-bond acceptors (Lipinski definition) is 3. The van der Waals surface area contributed by atoms with Gasteiger partial charge in [-0.25, -0.2) is 0 Å². The molecular formula is C20H26N2O. The molecule has 122 valence electrons. The van der Waals surface area contributed by atoms with E-state index in [1.165, 1.54) is 16.7 Å². The fourth-order valence-corrected chi connectivity index (χ4v) is 3.24. The zero-order valence-corrected chi connectivity index (χ0v) is 13.8. The molecule has 0 fully saturated rings. The Labute approximate surface area is 139 Å². The topological polar surface area (TPSA) is 35.5 Å². The molecule has 0 saturated heterocycles. The quantitative estimate of drug-likeness (QED) is 0.861. The van der Waals surface area contributed by atoms with Gasteiger partial charge in [0.25, 0.3) is 0 Å². The van der Waals surface area contributed by atoms with Crippen molar-refractivity contribution < 1.29 is 5.11 Å². The molecule has 1 aliphatic rings. The fraction of sp³-hybridized carbons (Fsp3) is 0.400. The van der Waals surface area contributed by atoms with E-state index in [2.05, 4.69) is 65.7 Å². The van der Waals surface area contributed by atoms with Gasteiger partial charge in [-0.2, -0.15) is 0 Å². The second-order valence-electron chi connectivity index (χ2n) is 6.45. The number of nitrogens with one attached hydrogen (secondary N) is 1. The lowest BCUT2D eigenvalue weighted by molar-refractivity contribution is 0.102. The molecule has 3 rings (SSSR count). The first-order valence-corrected chi connectivity index (χ1v) is 8.48. The number of hydrogen-bond donors (Lipinski definition) is 2. The van der Waals surface area contributed by atoms with Crippen LogP contribution >= 0.6 is 0 Å². The first-order chi connectivity index (χ1) is 11.2. The van der Waals surface area contributed by atoms with E-state index in [0.717, 1.165) is 26.1 Å². The minimum atomic E-state index is -0.341. The Balaban J connectivity index is 1.46. The average molecular weight is 310 g/mol. The molecule has 2 unspecified atom stereocenters. The van der Waals surface area contributed by atoms with Gasteiger partial charge >= 0.3 is 0 Å². The lowest BCUT2D eigenvalue weighted by atomic mass is 10.00. The molecule has 0 aromatic heterocycles. The minimum absolute atomic E-state index is 0.257. The Morgan fingerprint density at radius 3 is 2.52 bits per heavy atom. The van der Waals surface area contributed by atoms with Crippen LogP contribution in [0.2, 0.25) is 0 Å². The minimum Gasteiger partial charge on any atom is -0.390 e. The number of rotatable bonds is 6. The van der Waals surface area contributed by atoms with Crippen LogP contribution in [0.5, 0.6) is 0 Å². The molecule has 23 heavy (non-hydrogen) atoms. The van der Waals surface area contributed by atoms with Crippen LogP contribution in [0.4, 0.5) is 0 Å². The van der Waals surface area contributed by atoms with Crippen LogP contribution in [0, 0.1) is 0 Å². The van der Waals surface area contributed by atoms with E-state index in [1.807, 2.05) is 6.07 Å². The highest BCUT2D eigenvalue weighted by Gasteiger charge is 2.18. The van der Waals surface area contributed by atoms with Crippen molar-refractivity contribution in [3.63, 3.8) is 0 Å². The molecule has 1 heterocycles. The van der Waals surface area contributed by atoms with Gasteiger partial charge in [-0.05, 0) is 30.0 Å². The van der Waals surface area contributed by atoms with Crippen molar-refractivity contribution in [3.8, 4) is 0 Å². The second-order valence-corrected chi connectivity index (χ2v) is 6.45. The standard InChI is InChI=1S/C20H26N2O/c1-16(17-7-3-2-4-8-17)21-13-20(23)15-22-12-11-18-9-5-6-10-19(18)14-22/h2-10,16,20-21,23H,11-15H2,1H3. The zero-order valence-electron chi connectivity index (χ0n) is 13.8. The van der Waals surface area contributed by atoms with Crippen molar-refractivity contribution >= 4 is 0 Å². The molecular weight excluding hydrogens is 284 g/mol. The van der Waals surface area contributed by atoms with Gasteiger partial charge < -0.3 is 10.4 Å². The van der Waals surface area contributed by atoms with Crippen molar-refractivity contribution in [1.82, 2.24) is 10.2 Å². The fourth-order valence-electron chi connectivity index (χ4n) is 3.24. The Morgan fingerprint density at radius 2 is 1.74 bits per heavy atom. The molecule has 2 aromatic rings. The number of benzene rings is 2. The van der Waals surface area contributed by atoms with E-state index in [-0.39, 0.29) is 12.1 Å². The van der Waals surface area contributed by atoms with Crippen molar-refractivity contribution in [1.29, 1.82) is 0 Å². The lowest BCUT2D eigenvalue weighted by Gasteiger charge is -2.30. The number of aliphatic hydroxyl groups excluding tert-OH is 1. The molecule has 0 amide bonds. The first-order valence-electron chi connectivity index (χ1n) is 8.48. The Morgan fingerprint density at radius 1 is 1.04 bits per heavy atom. The van der Waals surface area contributed by atoms with E-state index in [0.29, 0.717) is 6.54 Å². The summed E-state index contributed by atoms with van der Waals surface area (Å²) >= 11 is 0. The molecule has 2 atom stereocenters.